The first-order chi connectivity index (χ1) is 15.3. The lowest BCUT2D eigenvalue weighted by molar-refractivity contribution is -0.126. The van der Waals surface area contributed by atoms with E-state index in [1.165, 1.54) is 17.2 Å². The summed E-state index contributed by atoms with van der Waals surface area (Å²) in [5.74, 6) is 0.0802. The maximum absolute atomic E-state index is 12.7. The molecule has 0 N–H and O–H groups in total. The van der Waals surface area contributed by atoms with Crippen molar-refractivity contribution in [1.82, 2.24) is 14.7 Å². The molecule has 154 valence electrons. The zero-order chi connectivity index (χ0) is 21.0. The van der Waals surface area contributed by atoms with Crippen molar-refractivity contribution in [2.45, 2.75) is 19.3 Å². The van der Waals surface area contributed by atoms with Gasteiger partial charge in [-0.3, -0.25) is 4.79 Å². The zero-order valence-electron chi connectivity index (χ0n) is 17.4. The van der Waals surface area contributed by atoms with E-state index in [4.69, 9.17) is 5.10 Å². The smallest absolute Gasteiger partial charge is 0.246 e. The number of hydrogen-bond donors (Lipinski definition) is 0. The number of para-hydroxylation sites is 1. The van der Waals surface area contributed by atoms with Crippen LogP contribution >= 0.6 is 0 Å². The van der Waals surface area contributed by atoms with Crippen LogP contribution in [0, 0.1) is 0 Å². The fraction of sp³-hybridized carbons (Fsp3) is 0.185. The average molecular weight is 408 g/mol. The summed E-state index contributed by atoms with van der Waals surface area (Å²) in [5.41, 5.74) is 3.84. The van der Waals surface area contributed by atoms with Gasteiger partial charge in [0.15, 0.2) is 0 Å². The first-order valence-electron chi connectivity index (χ1n) is 10.9. The lowest BCUT2D eigenvalue weighted by atomic mass is 10.0. The van der Waals surface area contributed by atoms with Crippen molar-refractivity contribution >= 4 is 22.8 Å². The number of rotatable bonds is 4. The van der Waals surface area contributed by atoms with Gasteiger partial charge in [0.2, 0.25) is 5.91 Å². The highest BCUT2D eigenvalue weighted by Gasteiger charge is 2.15. The highest BCUT2D eigenvalue weighted by Crippen LogP contribution is 2.28. The van der Waals surface area contributed by atoms with Gasteiger partial charge in [-0.2, -0.15) is 5.10 Å². The van der Waals surface area contributed by atoms with Crippen LogP contribution in [0.3, 0.4) is 0 Å². The fourth-order valence-corrected chi connectivity index (χ4v) is 4.16. The summed E-state index contributed by atoms with van der Waals surface area (Å²) in [6.07, 6.45) is 9.00. The van der Waals surface area contributed by atoms with Crippen LogP contribution in [0.1, 0.15) is 24.8 Å². The number of piperidine rings is 1. The Morgan fingerprint density at radius 1 is 0.839 bits per heavy atom. The summed E-state index contributed by atoms with van der Waals surface area (Å²) < 4.78 is 1.88. The molecule has 4 nitrogen and oxygen atoms in total. The maximum atomic E-state index is 12.7. The summed E-state index contributed by atoms with van der Waals surface area (Å²) in [6.45, 7) is 1.70. The Morgan fingerprint density at radius 2 is 1.58 bits per heavy atom. The van der Waals surface area contributed by atoms with Gasteiger partial charge >= 0.3 is 0 Å². The average Bonchev–Trinajstić information content (AvgIpc) is 3.27. The van der Waals surface area contributed by atoms with Gasteiger partial charge in [0.1, 0.15) is 0 Å². The summed E-state index contributed by atoms with van der Waals surface area (Å²) in [6, 6.07) is 24.8. The topological polar surface area (TPSA) is 38.1 Å². The molecule has 0 aliphatic carbocycles. The molecule has 1 aliphatic rings. The van der Waals surface area contributed by atoms with Crippen LogP contribution in [0.25, 0.3) is 33.8 Å². The van der Waals surface area contributed by atoms with E-state index in [1.54, 1.807) is 6.08 Å². The molecule has 0 spiro atoms. The number of hydrogen-bond acceptors (Lipinski definition) is 2. The van der Waals surface area contributed by atoms with Crippen LogP contribution < -0.4 is 0 Å². The van der Waals surface area contributed by atoms with E-state index in [1.807, 2.05) is 64.3 Å². The minimum atomic E-state index is 0.0802. The number of amides is 1. The van der Waals surface area contributed by atoms with Gasteiger partial charge in [-0.15, -0.1) is 0 Å². The quantitative estimate of drug-likeness (QED) is 0.406. The van der Waals surface area contributed by atoms with E-state index in [9.17, 15) is 4.79 Å². The monoisotopic (exact) mass is 407 g/mol. The SMILES string of the molecule is O=C(C=Cc1cn(-c2ccccc2)nc1-c1ccc2ccccc2c1)N1CCCCC1. The van der Waals surface area contributed by atoms with Crippen molar-refractivity contribution in [3.63, 3.8) is 0 Å². The molecule has 1 saturated heterocycles. The number of nitrogens with zero attached hydrogens (tertiary/aromatic N) is 3. The summed E-state index contributed by atoms with van der Waals surface area (Å²) in [7, 11) is 0. The second kappa shape index (κ2) is 8.60. The number of likely N-dealkylation sites (tertiary alicyclic amines) is 1. The predicted molar refractivity (Wildman–Crippen MR) is 126 cm³/mol. The zero-order valence-corrected chi connectivity index (χ0v) is 17.4. The Bertz CT molecular complexity index is 1230. The Balaban J connectivity index is 1.54. The third-order valence-corrected chi connectivity index (χ3v) is 5.86. The van der Waals surface area contributed by atoms with Crippen LogP contribution in [-0.4, -0.2) is 33.7 Å². The van der Waals surface area contributed by atoms with Crippen molar-refractivity contribution in [2.24, 2.45) is 0 Å². The molecule has 4 aromatic rings. The normalized spacial score (nSPS) is 14.4. The molecule has 0 atom stereocenters. The number of benzene rings is 3. The summed E-state index contributed by atoms with van der Waals surface area (Å²) >= 11 is 0. The van der Waals surface area contributed by atoms with Gasteiger partial charge in [-0.1, -0.05) is 54.6 Å². The fourth-order valence-electron chi connectivity index (χ4n) is 4.16. The molecule has 4 heteroatoms. The number of carbonyl (C=O) groups is 1. The Hall–Kier alpha value is -3.66. The Morgan fingerprint density at radius 3 is 2.39 bits per heavy atom. The molecule has 0 bridgehead atoms. The van der Waals surface area contributed by atoms with Gasteiger partial charge in [-0.05, 0) is 54.3 Å². The largest absolute Gasteiger partial charge is 0.339 e. The summed E-state index contributed by atoms with van der Waals surface area (Å²) in [5, 5.41) is 7.26. The molecule has 1 amide bonds. The highest BCUT2D eigenvalue weighted by molar-refractivity contribution is 5.93. The minimum Gasteiger partial charge on any atom is -0.339 e. The minimum absolute atomic E-state index is 0.0802. The Labute approximate surface area is 182 Å². The molecule has 0 unspecified atom stereocenters. The second-order valence-corrected chi connectivity index (χ2v) is 7.99. The lowest BCUT2D eigenvalue weighted by Gasteiger charge is -2.25. The van der Waals surface area contributed by atoms with E-state index in [-0.39, 0.29) is 5.91 Å². The van der Waals surface area contributed by atoms with E-state index in [2.05, 4.69) is 30.3 Å². The van der Waals surface area contributed by atoms with E-state index in [0.717, 1.165) is 48.4 Å². The van der Waals surface area contributed by atoms with Crippen LogP contribution in [-0.2, 0) is 4.79 Å². The highest BCUT2D eigenvalue weighted by atomic mass is 16.2. The third kappa shape index (κ3) is 4.15. The van der Waals surface area contributed by atoms with Crippen LogP contribution in [0.2, 0.25) is 0 Å². The Kier molecular flexibility index (Phi) is 5.36. The van der Waals surface area contributed by atoms with E-state index in [0.29, 0.717) is 0 Å². The molecule has 2 heterocycles. The van der Waals surface area contributed by atoms with Gasteiger partial charge in [0.05, 0.1) is 11.4 Å². The van der Waals surface area contributed by atoms with Crippen molar-refractivity contribution in [1.29, 1.82) is 0 Å². The second-order valence-electron chi connectivity index (χ2n) is 7.99. The lowest BCUT2D eigenvalue weighted by Crippen LogP contribution is -2.34. The van der Waals surface area contributed by atoms with Crippen LogP contribution in [0.4, 0.5) is 0 Å². The number of aromatic nitrogens is 2. The van der Waals surface area contributed by atoms with Gasteiger partial charge in [-0.25, -0.2) is 4.68 Å². The number of carbonyl (C=O) groups excluding carboxylic acids is 1. The van der Waals surface area contributed by atoms with Crippen molar-refractivity contribution in [2.75, 3.05) is 13.1 Å². The first kappa shape index (κ1) is 19.3. The van der Waals surface area contributed by atoms with Crippen molar-refractivity contribution < 1.29 is 4.79 Å². The van der Waals surface area contributed by atoms with E-state index < -0.39 is 0 Å². The summed E-state index contributed by atoms with van der Waals surface area (Å²) in [4.78, 5) is 14.6. The molecular weight excluding hydrogens is 382 g/mol. The van der Waals surface area contributed by atoms with E-state index >= 15 is 0 Å². The van der Waals surface area contributed by atoms with Crippen molar-refractivity contribution in [3.8, 4) is 16.9 Å². The molecule has 1 fully saturated rings. The third-order valence-electron chi connectivity index (χ3n) is 5.86. The van der Waals surface area contributed by atoms with Crippen molar-refractivity contribution in [3.05, 3.63) is 90.6 Å². The van der Waals surface area contributed by atoms with Gasteiger partial charge in [0.25, 0.3) is 0 Å². The standard InChI is InChI=1S/C27H25N3O/c31-26(29-17-7-2-8-18-29)16-15-24-20-30(25-11-3-1-4-12-25)28-27(24)23-14-13-21-9-5-6-10-22(21)19-23/h1,3-6,9-16,19-20H,2,7-8,17-18H2. The van der Waals surface area contributed by atoms with Crippen LogP contribution in [0.5, 0.6) is 0 Å². The number of fused-ring (bicyclic) bond motifs is 1. The molecule has 0 radical (unpaired) electrons. The molecular formula is C27H25N3O. The first-order valence-corrected chi connectivity index (χ1v) is 10.9. The van der Waals surface area contributed by atoms with Gasteiger partial charge < -0.3 is 4.90 Å². The molecule has 1 aromatic heterocycles. The molecule has 0 saturated carbocycles. The van der Waals surface area contributed by atoms with Gasteiger partial charge in [0, 0.05) is 36.5 Å². The maximum Gasteiger partial charge on any atom is 0.246 e. The van der Waals surface area contributed by atoms with Crippen LogP contribution in [0.15, 0.2) is 85.1 Å². The predicted octanol–water partition coefficient (Wildman–Crippen LogP) is 5.72. The molecule has 1 aliphatic heterocycles. The molecule has 31 heavy (non-hydrogen) atoms. The molecule has 3 aromatic carbocycles. The molecule has 5 rings (SSSR count).